The van der Waals surface area contributed by atoms with Crippen molar-refractivity contribution >= 4 is 6.09 Å². The summed E-state index contributed by atoms with van der Waals surface area (Å²) in [6.45, 7) is 2.55. The second-order valence-electron chi connectivity index (χ2n) is 3.24. The molecule has 0 aromatic heterocycles. The Morgan fingerprint density at radius 2 is 2.25 bits per heavy atom. The van der Waals surface area contributed by atoms with E-state index in [1.54, 1.807) is 18.2 Å². The highest BCUT2D eigenvalue weighted by Crippen LogP contribution is 2.35. The van der Waals surface area contributed by atoms with E-state index in [2.05, 4.69) is 11.3 Å². The quantitative estimate of drug-likeness (QED) is 0.786. The van der Waals surface area contributed by atoms with Crippen LogP contribution in [0.4, 0.5) is 4.79 Å². The van der Waals surface area contributed by atoms with Gasteiger partial charge in [0.1, 0.15) is 0 Å². The Labute approximate surface area is 92.4 Å². The van der Waals surface area contributed by atoms with E-state index in [0.717, 1.165) is 12.0 Å². The van der Waals surface area contributed by atoms with Gasteiger partial charge in [-0.3, -0.25) is 0 Å². The molecular weight excluding hydrogens is 210 g/mol. The van der Waals surface area contributed by atoms with Gasteiger partial charge in [0.25, 0.3) is 0 Å². The van der Waals surface area contributed by atoms with Crippen molar-refractivity contribution in [3.8, 4) is 11.5 Å². The van der Waals surface area contributed by atoms with Crippen molar-refractivity contribution in [3.05, 3.63) is 36.4 Å². The van der Waals surface area contributed by atoms with E-state index in [4.69, 9.17) is 15.2 Å². The molecule has 1 amide bonds. The molecule has 0 saturated carbocycles. The highest BCUT2D eigenvalue weighted by Gasteiger charge is 2.26. The van der Waals surface area contributed by atoms with Crippen LogP contribution in [0.3, 0.4) is 0 Å². The number of hydrogen-bond donors (Lipinski definition) is 1. The predicted octanol–water partition coefficient (Wildman–Crippen LogP) is 1.57. The first-order valence-electron chi connectivity index (χ1n) is 4.72. The Morgan fingerprint density at radius 1 is 1.50 bits per heavy atom. The topological polar surface area (TPSA) is 70.8 Å². The lowest BCUT2D eigenvalue weighted by Crippen LogP contribution is -2.28. The van der Waals surface area contributed by atoms with Gasteiger partial charge in [-0.15, -0.1) is 6.58 Å². The Hall–Kier alpha value is -2.17. The minimum absolute atomic E-state index is 0.527. The summed E-state index contributed by atoms with van der Waals surface area (Å²) in [5.74, 6) is 1.06. The van der Waals surface area contributed by atoms with Crippen LogP contribution in [0.2, 0.25) is 0 Å². The normalized spacial score (nSPS) is 16.9. The second kappa shape index (κ2) is 4.14. The van der Waals surface area contributed by atoms with Crippen molar-refractivity contribution in [3.63, 3.8) is 0 Å². The monoisotopic (exact) mass is 221 g/mol. The molecule has 1 heterocycles. The third-order valence-corrected chi connectivity index (χ3v) is 2.05. The van der Waals surface area contributed by atoms with Crippen LogP contribution >= 0.6 is 0 Å². The van der Waals surface area contributed by atoms with Gasteiger partial charge in [-0.25, -0.2) is 4.79 Å². The third kappa shape index (κ3) is 2.08. The molecule has 0 bridgehead atoms. The number of allylic oxidation sites excluding steroid dienone is 1. The van der Waals surface area contributed by atoms with Crippen LogP contribution in [0.5, 0.6) is 11.5 Å². The van der Waals surface area contributed by atoms with Gasteiger partial charge in [0, 0.05) is 0 Å². The average molecular weight is 221 g/mol. The van der Waals surface area contributed by atoms with Crippen LogP contribution in [-0.4, -0.2) is 12.6 Å². The maximum Gasteiger partial charge on any atom is 0.410 e. The first-order chi connectivity index (χ1) is 7.69. The number of benzene rings is 1. The molecule has 0 saturated heterocycles. The summed E-state index contributed by atoms with van der Waals surface area (Å²) < 4.78 is 15.0. The molecule has 1 aromatic rings. The highest BCUT2D eigenvalue weighted by molar-refractivity contribution is 5.64. The average Bonchev–Trinajstić information content (AvgIpc) is 2.58. The SMILES string of the molecule is C=CCc1ccc2c(c1)OC(OC(N)=O)O2. The maximum absolute atomic E-state index is 10.5. The molecule has 1 unspecified atom stereocenters. The van der Waals surface area contributed by atoms with Crippen molar-refractivity contribution in [1.82, 2.24) is 0 Å². The smallest absolute Gasteiger partial charge is 0.410 e. The summed E-state index contributed by atoms with van der Waals surface area (Å²) in [5.41, 5.74) is 5.89. The first kappa shape index (κ1) is 10.4. The summed E-state index contributed by atoms with van der Waals surface area (Å²) in [7, 11) is 0. The zero-order valence-electron chi connectivity index (χ0n) is 8.51. The fourth-order valence-electron chi connectivity index (χ4n) is 1.41. The van der Waals surface area contributed by atoms with Gasteiger partial charge in [-0.05, 0) is 24.1 Å². The molecule has 0 spiro atoms. The lowest BCUT2D eigenvalue weighted by Gasteiger charge is -2.07. The van der Waals surface area contributed by atoms with Crippen LogP contribution in [-0.2, 0) is 11.2 Å². The van der Waals surface area contributed by atoms with Crippen LogP contribution in [0, 0.1) is 0 Å². The molecule has 1 aromatic carbocycles. The first-order valence-corrected chi connectivity index (χ1v) is 4.72. The number of hydrogen-bond acceptors (Lipinski definition) is 4. The Kier molecular flexibility index (Phi) is 2.68. The van der Waals surface area contributed by atoms with Crippen molar-refractivity contribution < 1.29 is 19.0 Å². The van der Waals surface area contributed by atoms with Gasteiger partial charge in [-0.2, -0.15) is 0 Å². The van der Waals surface area contributed by atoms with E-state index < -0.39 is 12.6 Å². The lowest BCUT2D eigenvalue weighted by molar-refractivity contribution is -0.133. The van der Waals surface area contributed by atoms with Crippen molar-refractivity contribution in [2.45, 2.75) is 12.9 Å². The second-order valence-corrected chi connectivity index (χ2v) is 3.24. The van der Waals surface area contributed by atoms with E-state index in [1.807, 2.05) is 6.07 Å². The van der Waals surface area contributed by atoms with Gasteiger partial charge in [0.2, 0.25) is 0 Å². The summed E-state index contributed by atoms with van der Waals surface area (Å²) >= 11 is 0. The van der Waals surface area contributed by atoms with Crippen molar-refractivity contribution in [1.29, 1.82) is 0 Å². The standard InChI is InChI=1S/C11H11NO4/c1-2-3-7-4-5-8-9(6-7)15-11(14-8)16-10(12)13/h2,4-6,11H,1,3H2,(H2,12,13). The number of primary amides is 1. The zero-order chi connectivity index (χ0) is 11.5. The number of fused-ring (bicyclic) bond motifs is 1. The fraction of sp³-hybridized carbons (Fsp3) is 0.182. The predicted molar refractivity (Wildman–Crippen MR) is 56.1 cm³/mol. The van der Waals surface area contributed by atoms with E-state index >= 15 is 0 Å². The lowest BCUT2D eigenvalue weighted by atomic mass is 10.1. The number of amides is 1. The number of carbonyl (C=O) groups excluding carboxylic acids is 1. The Morgan fingerprint density at radius 3 is 2.94 bits per heavy atom. The number of nitrogens with two attached hydrogens (primary N) is 1. The number of carbonyl (C=O) groups is 1. The van der Waals surface area contributed by atoms with E-state index in [-0.39, 0.29) is 0 Å². The van der Waals surface area contributed by atoms with Crippen LogP contribution in [0.25, 0.3) is 0 Å². The molecule has 2 rings (SSSR count). The van der Waals surface area contributed by atoms with Crippen LogP contribution < -0.4 is 15.2 Å². The van der Waals surface area contributed by atoms with Gasteiger partial charge < -0.3 is 19.9 Å². The van der Waals surface area contributed by atoms with Crippen LogP contribution in [0.15, 0.2) is 30.9 Å². The van der Waals surface area contributed by atoms with Gasteiger partial charge in [0.15, 0.2) is 11.5 Å². The number of rotatable bonds is 3. The van der Waals surface area contributed by atoms with Gasteiger partial charge in [0.05, 0.1) is 0 Å². The summed E-state index contributed by atoms with van der Waals surface area (Å²) in [4.78, 5) is 10.5. The molecule has 84 valence electrons. The molecule has 2 N–H and O–H groups in total. The van der Waals surface area contributed by atoms with E-state index in [1.165, 1.54) is 0 Å². The molecule has 0 aliphatic carbocycles. The van der Waals surface area contributed by atoms with Gasteiger partial charge in [-0.1, -0.05) is 12.1 Å². The molecule has 16 heavy (non-hydrogen) atoms. The summed E-state index contributed by atoms with van der Waals surface area (Å²) in [6, 6.07) is 5.44. The van der Waals surface area contributed by atoms with Gasteiger partial charge >= 0.3 is 12.6 Å². The molecular formula is C11H11NO4. The Balaban J connectivity index is 2.11. The Bertz CT molecular complexity index is 430. The van der Waals surface area contributed by atoms with Crippen molar-refractivity contribution in [2.24, 2.45) is 5.73 Å². The van der Waals surface area contributed by atoms with E-state index in [0.29, 0.717) is 11.5 Å². The molecule has 0 fully saturated rings. The molecule has 1 aliphatic rings. The fourth-order valence-corrected chi connectivity index (χ4v) is 1.41. The minimum Gasteiger partial charge on any atom is -0.419 e. The van der Waals surface area contributed by atoms with Crippen molar-refractivity contribution in [2.75, 3.05) is 0 Å². The molecule has 1 atom stereocenters. The van der Waals surface area contributed by atoms with E-state index in [9.17, 15) is 4.79 Å². The molecule has 5 nitrogen and oxygen atoms in total. The molecule has 5 heteroatoms. The minimum atomic E-state index is -1.09. The molecule has 1 aliphatic heterocycles. The third-order valence-electron chi connectivity index (χ3n) is 2.05. The van der Waals surface area contributed by atoms with Crippen LogP contribution in [0.1, 0.15) is 5.56 Å². The summed E-state index contributed by atoms with van der Waals surface area (Å²) in [5, 5.41) is 0. The number of ether oxygens (including phenoxy) is 3. The largest absolute Gasteiger partial charge is 0.419 e. The summed E-state index contributed by atoms with van der Waals surface area (Å²) in [6.07, 6.45) is 1.58. The molecule has 0 radical (unpaired) electrons. The zero-order valence-corrected chi connectivity index (χ0v) is 8.51. The maximum atomic E-state index is 10.5. The highest BCUT2D eigenvalue weighted by atomic mass is 16.9.